The third kappa shape index (κ3) is 3.38. The van der Waals surface area contributed by atoms with E-state index in [4.69, 9.17) is 4.74 Å². The van der Waals surface area contributed by atoms with E-state index in [1.165, 1.54) is 4.68 Å². The molecule has 0 aliphatic heterocycles. The first-order chi connectivity index (χ1) is 12.8. The van der Waals surface area contributed by atoms with Crippen LogP contribution in [0.4, 0.5) is 0 Å². The maximum Gasteiger partial charge on any atom is 0.200 e. The van der Waals surface area contributed by atoms with Crippen molar-refractivity contribution in [2.24, 2.45) is 0 Å². The minimum Gasteiger partial charge on any atom is -0.490 e. The van der Waals surface area contributed by atoms with E-state index in [1.807, 2.05) is 60.7 Å². The van der Waals surface area contributed by atoms with Gasteiger partial charge in [-0.1, -0.05) is 42.5 Å². The van der Waals surface area contributed by atoms with Crippen LogP contribution in [0.5, 0.6) is 5.75 Å². The molecule has 0 aliphatic carbocycles. The van der Waals surface area contributed by atoms with Crippen LogP contribution in [0, 0.1) is 0 Å². The zero-order chi connectivity index (χ0) is 17.8. The fraction of sp³-hybridized carbons (Fsp3) is 0.158. The van der Waals surface area contributed by atoms with Crippen molar-refractivity contribution in [3.05, 3.63) is 66.9 Å². The fourth-order valence-electron chi connectivity index (χ4n) is 2.77. The fourth-order valence-corrected chi connectivity index (χ4v) is 2.77. The maximum atomic E-state index is 10.4. The van der Waals surface area contributed by atoms with Crippen molar-refractivity contribution in [1.29, 1.82) is 0 Å². The Morgan fingerprint density at radius 2 is 1.85 bits per heavy atom. The highest BCUT2D eigenvalue weighted by molar-refractivity contribution is 5.88. The van der Waals surface area contributed by atoms with Crippen molar-refractivity contribution in [1.82, 2.24) is 25.2 Å². The number of ether oxygens (including phenoxy) is 1. The van der Waals surface area contributed by atoms with Crippen molar-refractivity contribution in [2.45, 2.75) is 12.6 Å². The monoisotopic (exact) mass is 347 g/mol. The first-order valence-electron chi connectivity index (χ1n) is 8.27. The minimum absolute atomic E-state index is 0.134. The molecule has 1 N–H and O–H groups in total. The lowest BCUT2D eigenvalue weighted by Crippen LogP contribution is -2.24. The molecule has 4 aromatic rings. The van der Waals surface area contributed by atoms with Crippen molar-refractivity contribution < 1.29 is 9.84 Å². The van der Waals surface area contributed by atoms with Gasteiger partial charge in [0, 0.05) is 11.6 Å². The molecule has 0 bridgehead atoms. The molecule has 0 saturated carbocycles. The second-order valence-corrected chi connectivity index (χ2v) is 5.84. The first-order valence-corrected chi connectivity index (χ1v) is 8.27. The van der Waals surface area contributed by atoms with E-state index in [-0.39, 0.29) is 13.2 Å². The molecule has 1 atom stereocenters. The Bertz CT molecular complexity index is 998. The number of aliphatic hydroxyl groups is 1. The van der Waals surface area contributed by atoms with Crippen LogP contribution in [0.25, 0.3) is 22.3 Å². The van der Waals surface area contributed by atoms with Crippen LogP contribution >= 0.6 is 0 Å². The van der Waals surface area contributed by atoms with Gasteiger partial charge in [-0.15, -0.1) is 5.10 Å². The predicted molar refractivity (Wildman–Crippen MR) is 96.5 cm³/mol. The molecule has 0 radical (unpaired) electrons. The third-order valence-electron chi connectivity index (χ3n) is 3.99. The van der Waals surface area contributed by atoms with Gasteiger partial charge in [-0.05, 0) is 34.0 Å². The van der Waals surface area contributed by atoms with Gasteiger partial charge in [0.2, 0.25) is 5.82 Å². The summed E-state index contributed by atoms with van der Waals surface area (Å²) in [6, 6.07) is 19.3. The molecule has 2 aromatic carbocycles. The summed E-state index contributed by atoms with van der Waals surface area (Å²) in [5, 5.41) is 24.1. The summed E-state index contributed by atoms with van der Waals surface area (Å²) in [6.45, 7) is 0.346. The van der Waals surface area contributed by atoms with Gasteiger partial charge in [-0.2, -0.15) is 0 Å². The molecule has 7 nitrogen and oxygen atoms in total. The minimum atomic E-state index is -0.764. The zero-order valence-corrected chi connectivity index (χ0v) is 13.9. The second kappa shape index (κ2) is 7.28. The normalized spacial score (nSPS) is 12.2. The van der Waals surface area contributed by atoms with Crippen molar-refractivity contribution in [3.63, 3.8) is 0 Å². The lowest BCUT2D eigenvalue weighted by Gasteiger charge is -2.14. The number of hydrogen-bond donors (Lipinski definition) is 1. The van der Waals surface area contributed by atoms with E-state index in [2.05, 4.69) is 20.5 Å². The van der Waals surface area contributed by atoms with Crippen LogP contribution in [0.2, 0.25) is 0 Å². The summed E-state index contributed by atoms with van der Waals surface area (Å²) in [6.07, 6.45) is 0.911. The maximum absolute atomic E-state index is 10.4. The van der Waals surface area contributed by atoms with E-state index in [9.17, 15) is 5.11 Å². The van der Waals surface area contributed by atoms with Crippen LogP contribution in [0.1, 0.15) is 0 Å². The summed E-state index contributed by atoms with van der Waals surface area (Å²) in [5.41, 5.74) is 0.652. The molecule has 130 valence electrons. The van der Waals surface area contributed by atoms with E-state index in [0.717, 1.165) is 16.5 Å². The van der Waals surface area contributed by atoms with Gasteiger partial charge in [0.05, 0.1) is 6.54 Å². The van der Waals surface area contributed by atoms with Gasteiger partial charge >= 0.3 is 0 Å². The van der Waals surface area contributed by atoms with Crippen molar-refractivity contribution in [2.75, 3.05) is 6.61 Å². The van der Waals surface area contributed by atoms with Gasteiger partial charge < -0.3 is 9.84 Å². The van der Waals surface area contributed by atoms with Crippen LogP contribution in [-0.2, 0) is 6.54 Å². The topological polar surface area (TPSA) is 86.0 Å². The van der Waals surface area contributed by atoms with E-state index < -0.39 is 6.10 Å². The van der Waals surface area contributed by atoms with Gasteiger partial charge in [0.15, 0.2) is 0 Å². The van der Waals surface area contributed by atoms with Crippen LogP contribution in [-0.4, -0.2) is 43.0 Å². The second-order valence-electron chi connectivity index (χ2n) is 5.84. The number of aromatic nitrogens is 5. The average Bonchev–Trinajstić information content (AvgIpc) is 3.15. The first kappa shape index (κ1) is 16.2. The average molecular weight is 347 g/mol. The molecule has 0 fully saturated rings. The largest absolute Gasteiger partial charge is 0.490 e. The molecular formula is C19H17N5O2. The smallest absolute Gasteiger partial charge is 0.200 e. The Morgan fingerprint density at radius 3 is 2.73 bits per heavy atom. The van der Waals surface area contributed by atoms with Crippen LogP contribution in [0.15, 0.2) is 66.9 Å². The third-order valence-corrected chi connectivity index (χ3v) is 3.99. The lowest BCUT2D eigenvalue weighted by molar-refractivity contribution is 0.0899. The summed E-state index contributed by atoms with van der Waals surface area (Å²) in [4.78, 5) is 4.24. The van der Waals surface area contributed by atoms with Crippen LogP contribution < -0.4 is 4.74 Å². The number of benzene rings is 2. The van der Waals surface area contributed by atoms with Gasteiger partial charge in [0.1, 0.15) is 24.2 Å². The zero-order valence-electron chi connectivity index (χ0n) is 13.9. The van der Waals surface area contributed by atoms with Gasteiger partial charge in [-0.3, -0.25) is 4.98 Å². The number of rotatable bonds is 6. The predicted octanol–water partition coefficient (Wildman–Crippen LogP) is 2.33. The van der Waals surface area contributed by atoms with Gasteiger partial charge in [-0.25, -0.2) is 4.68 Å². The lowest BCUT2D eigenvalue weighted by atomic mass is 10.1. The highest BCUT2D eigenvalue weighted by Crippen LogP contribution is 2.25. The van der Waals surface area contributed by atoms with Crippen LogP contribution in [0.3, 0.4) is 0 Å². The molecule has 1 unspecified atom stereocenters. The standard InChI is InChI=1S/C19H17N5O2/c25-15(12-24-19(21-22-23-24)17-9-3-4-11-20-17)13-26-18-10-5-7-14-6-1-2-8-16(14)18/h1-11,15,25H,12-13H2. The molecular weight excluding hydrogens is 330 g/mol. The Labute approximate surface area is 149 Å². The van der Waals surface area contributed by atoms with E-state index in [0.29, 0.717) is 11.5 Å². The summed E-state index contributed by atoms with van der Waals surface area (Å²) in [5.74, 6) is 1.25. The molecule has 2 aromatic heterocycles. The van der Waals surface area contributed by atoms with E-state index >= 15 is 0 Å². The quantitative estimate of drug-likeness (QED) is 0.576. The number of aliphatic hydroxyl groups excluding tert-OH is 1. The Balaban J connectivity index is 1.45. The summed E-state index contributed by atoms with van der Waals surface area (Å²) >= 11 is 0. The summed E-state index contributed by atoms with van der Waals surface area (Å²) in [7, 11) is 0. The molecule has 26 heavy (non-hydrogen) atoms. The highest BCUT2D eigenvalue weighted by atomic mass is 16.5. The molecule has 0 aliphatic rings. The number of fused-ring (bicyclic) bond motifs is 1. The van der Waals surface area contributed by atoms with Crippen molar-refractivity contribution >= 4 is 10.8 Å². The molecule has 0 spiro atoms. The summed E-state index contributed by atoms with van der Waals surface area (Å²) < 4.78 is 7.36. The highest BCUT2D eigenvalue weighted by Gasteiger charge is 2.14. The molecule has 4 rings (SSSR count). The number of nitrogens with zero attached hydrogens (tertiary/aromatic N) is 5. The van der Waals surface area contributed by atoms with E-state index in [1.54, 1.807) is 6.20 Å². The Hall–Kier alpha value is -3.32. The van der Waals surface area contributed by atoms with Crippen molar-refractivity contribution in [3.8, 4) is 17.3 Å². The molecule has 0 saturated heterocycles. The molecule has 7 heteroatoms. The Morgan fingerprint density at radius 1 is 1.00 bits per heavy atom. The number of pyridine rings is 1. The molecule has 0 amide bonds. The van der Waals surface area contributed by atoms with Gasteiger partial charge in [0.25, 0.3) is 0 Å². The molecule has 2 heterocycles. The Kier molecular flexibility index (Phi) is 4.53. The SMILES string of the molecule is OC(COc1cccc2ccccc12)Cn1nnnc1-c1ccccn1. The number of tetrazole rings is 1. The number of hydrogen-bond acceptors (Lipinski definition) is 6.